The summed E-state index contributed by atoms with van der Waals surface area (Å²) < 4.78 is 0. The van der Waals surface area contributed by atoms with Crippen molar-refractivity contribution in [2.75, 3.05) is 5.33 Å². The minimum Gasteiger partial charge on any atom is -0.353 e. The third-order valence-corrected chi connectivity index (χ3v) is 3.69. The molecular formula is C12H22BrNO. The molecule has 1 aliphatic carbocycles. The van der Waals surface area contributed by atoms with Crippen LogP contribution in [0.4, 0.5) is 0 Å². The van der Waals surface area contributed by atoms with Crippen molar-refractivity contribution >= 4 is 21.8 Å². The Morgan fingerprint density at radius 3 is 2.40 bits per heavy atom. The van der Waals surface area contributed by atoms with Gasteiger partial charge in [0.15, 0.2) is 0 Å². The van der Waals surface area contributed by atoms with E-state index in [4.69, 9.17) is 0 Å². The molecule has 1 rings (SSSR count). The van der Waals surface area contributed by atoms with Crippen LogP contribution in [0.3, 0.4) is 0 Å². The smallest absolute Gasteiger partial charge is 0.223 e. The van der Waals surface area contributed by atoms with E-state index in [0.717, 1.165) is 24.6 Å². The van der Waals surface area contributed by atoms with Crippen molar-refractivity contribution in [3.8, 4) is 0 Å². The number of hydrogen-bond acceptors (Lipinski definition) is 1. The zero-order valence-electron chi connectivity index (χ0n) is 9.98. The van der Waals surface area contributed by atoms with E-state index in [0.29, 0.717) is 5.92 Å². The molecule has 2 nitrogen and oxygen atoms in total. The molecular weight excluding hydrogens is 254 g/mol. The Hall–Kier alpha value is -0.0500. The Kier molecular flexibility index (Phi) is 4.63. The molecule has 0 aromatic carbocycles. The van der Waals surface area contributed by atoms with Crippen LogP contribution in [-0.2, 0) is 4.79 Å². The van der Waals surface area contributed by atoms with Gasteiger partial charge in [0.2, 0.25) is 5.91 Å². The van der Waals surface area contributed by atoms with Crippen molar-refractivity contribution in [3.63, 3.8) is 0 Å². The maximum Gasteiger partial charge on any atom is 0.223 e. The number of alkyl halides is 1. The molecule has 1 amide bonds. The molecule has 0 radical (unpaired) electrons. The van der Waals surface area contributed by atoms with Gasteiger partial charge < -0.3 is 5.32 Å². The summed E-state index contributed by atoms with van der Waals surface area (Å²) in [5, 5.41) is 4.14. The summed E-state index contributed by atoms with van der Waals surface area (Å²) in [6.45, 7) is 6.55. The van der Waals surface area contributed by atoms with Crippen molar-refractivity contribution in [1.82, 2.24) is 5.32 Å². The molecule has 0 aromatic heterocycles. The van der Waals surface area contributed by atoms with Crippen LogP contribution < -0.4 is 5.32 Å². The summed E-state index contributed by atoms with van der Waals surface area (Å²) >= 11 is 3.45. The van der Waals surface area contributed by atoms with Gasteiger partial charge in [0.25, 0.3) is 0 Å². The van der Waals surface area contributed by atoms with E-state index in [1.807, 2.05) is 0 Å². The summed E-state index contributed by atoms with van der Waals surface area (Å²) in [4.78, 5) is 11.8. The molecule has 3 heteroatoms. The highest BCUT2D eigenvalue weighted by Gasteiger charge is 2.30. The van der Waals surface area contributed by atoms with E-state index >= 15 is 0 Å². The van der Waals surface area contributed by atoms with E-state index in [9.17, 15) is 4.79 Å². The topological polar surface area (TPSA) is 29.1 Å². The van der Waals surface area contributed by atoms with Crippen molar-refractivity contribution < 1.29 is 4.79 Å². The Labute approximate surface area is 101 Å². The van der Waals surface area contributed by atoms with Crippen molar-refractivity contribution in [3.05, 3.63) is 0 Å². The maximum atomic E-state index is 11.8. The molecule has 1 unspecified atom stereocenters. The normalized spacial score (nSPS) is 19.5. The van der Waals surface area contributed by atoms with Crippen LogP contribution in [0.2, 0.25) is 0 Å². The average Bonchev–Trinajstić information content (AvgIpc) is 1.98. The van der Waals surface area contributed by atoms with E-state index in [2.05, 4.69) is 42.0 Å². The lowest BCUT2D eigenvalue weighted by molar-refractivity contribution is -0.128. The highest BCUT2D eigenvalue weighted by atomic mass is 79.9. The molecule has 1 atom stereocenters. The highest BCUT2D eigenvalue weighted by Crippen LogP contribution is 2.28. The first-order valence-corrected chi connectivity index (χ1v) is 6.93. The molecule has 0 aromatic rings. The molecule has 1 N–H and O–H groups in total. The zero-order chi connectivity index (χ0) is 11.5. The second kappa shape index (κ2) is 5.33. The van der Waals surface area contributed by atoms with Gasteiger partial charge in [-0.3, -0.25) is 4.79 Å². The monoisotopic (exact) mass is 275 g/mol. The summed E-state index contributed by atoms with van der Waals surface area (Å²) in [6, 6.07) is 0.282. The summed E-state index contributed by atoms with van der Waals surface area (Å²) in [5.41, 5.74) is 0.146. The second-order valence-electron chi connectivity index (χ2n) is 5.53. The molecule has 0 aliphatic heterocycles. The molecule has 0 heterocycles. The van der Waals surface area contributed by atoms with Crippen LogP contribution in [-0.4, -0.2) is 17.3 Å². The van der Waals surface area contributed by atoms with Gasteiger partial charge in [0.05, 0.1) is 0 Å². The standard InChI is InChI=1S/C12H22BrNO/c1-12(2,3)10(7-8-13)14-11(15)9-5-4-6-9/h9-10H,4-8H2,1-3H3,(H,14,15). The van der Waals surface area contributed by atoms with Gasteiger partial charge in [0, 0.05) is 17.3 Å². The lowest BCUT2D eigenvalue weighted by Gasteiger charge is -2.34. The van der Waals surface area contributed by atoms with Gasteiger partial charge in [-0.15, -0.1) is 0 Å². The lowest BCUT2D eigenvalue weighted by atomic mass is 9.82. The Morgan fingerprint density at radius 1 is 1.47 bits per heavy atom. The molecule has 1 fully saturated rings. The molecule has 1 saturated carbocycles. The third-order valence-electron chi connectivity index (χ3n) is 3.24. The number of carbonyl (C=O) groups excluding carboxylic acids is 1. The van der Waals surface area contributed by atoms with Gasteiger partial charge in [-0.1, -0.05) is 43.1 Å². The number of nitrogens with one attached hydrogen (secondary N) is 1. The second-order valence-corrected chi connectivity index (χ2v) is 6.33. The molecule has 0 saturated heterocycles. The molecule has 1 aliphatic rings. The fraction of sp³-hybridized carbons (Fsp3) is 0.917. The number of halogens is 1. The predicted molar refractivity (Wildman–Crippen MR) is 67.1 cm³/mol. The van der Waals surface area contributed by atoms with Gasteiger partial charge >= 0.3 is 0 Å². The number of rotatable bonds is 4. The van der Waals surface area contributed by atoms with Crippen LogP contribution in [0.15, 0.2) is 0 Å². The Bertz CT molecular complexity index is 218. The van der Waals surface area contributed by atoms with Crippen LogP contribution in [0.25, 0.3) is 0 Å². The van der Waals surface area contributed by atoms with E-state index in [1.54, 1.807) is 0 Å². The lowest BCUT2D eigenvalue weighted by Crippen LogP contribution is -2.47. The molecule has 0 spiro atoms. The number of hydrogen-bond donors (Lipinski definition) is 1. The van der Waals surface area contributed by atoms with Crippen LogP contribution >= 0.6 is 15.9 Å². The Morgan fingerprint density at radius 2 is 2.07 bits per heavy atom. The summed E-state index contributed by atoms with van der Waals surface area (Å²) in [5.74, 6) is 0.562. The van der Waals surface area contributed by atoms with Crippen molar-refractivity contribution in [1.29, 1.82) is 0 Å². The van der Waals surface area contributed by atoms with Crippen molar-refractivity contribution in [2.24, 2.45) is 11.3 Å². The van der Waals surface area contributed by atoms with Crippen LogP contribution in [0, 0.1) is 11.3 Å². The first kappa shape index (κ1) is 13.0. The minimum absolute atomic E-state index is 0.146. The minimum atomic E-state index is 0.146. The third kappa shape index (κ3) is 3.78. The number of amides is 1. The van der Waals surface area contributed by atoms with Gasteiger partial charge in [-0.25, -0.2) is 0 Å². The molecule has 15 heavy (non-hydrogen) atoms. The van der Waals surface area contributed by atoms with Gasteiger partial charge in [-0.2, -0.15) is 0 Å². The fourth-order valence-electron chi connectivity index (χ4n) is 1.79. The summed E-state index contributed by atoms with van der Waals surface area (Å²) in [7, 11) is 0. The van der Waals surface area contributed by atoms with Crippen molar-refractivity contribution in [2.45, 2.75) is 52.5 Å². The quantitative estimate of drug-likeness (QED) is 0.785. The highest BCUT2D eigenvalue weighted by molar-refractivity contribution is 9.09. The van der Waals surface area contributed by atoms with Crippen LogP contribution in [0.1, 0.15) is 46.5 Å². The van der Waals surface area contributed by atoms with E-state index < -0.39 is 0 Å². The summed E-state index contributed by atoms with van der Waals surface area (Å²) in [6.07, 6.45) is 4.38. The average molecular weight is 276 g/mol. The Balaban J connectivity index is 2.46. The zero-order valence-corrected chi connectivity index (χ0v) is 11.6. The van der Waals surface area contributed by atoms with E-state index in [-0.39, 0.29) is 17.4 Å². The predicted octanol–water partition coefficient (Wildman–Crippen LogP) is 3.10. The SMILES string of the molecule is CC(C)(C)C(CCBr)NC(=O)C1CCC1. The molecule has 88 valence electrons. The van der Waals surface area contributed by atoms with Crippen LogP contribution in [0.5, 0.6) is 0 Å². The largest absolute Gasteiger partial charge is 0.353 e. The maximum absolute atomic E-state index is 11.8. The molecule has 0 bridgehead atoms. The van der Waals surface area contributed by atoms with Gasteiger partial charge in [-0.05, 0) is 24.7 Å². The fourth-order valence-corrected chi connectivity index (χ4v) is 2.25. The van der Waals surface area contributed by atoms with Gasteiger partial charge in [0.1, 0.15) is 0 Å². The van der Waals surface area contributed by atoms with E-state index in [1.165, 1.54) is 6.42 Å². The first-order valence-electron chi connectivity index (χ1n) is 5.81. The number of carbonyl (C=O) groups is 1. The first-order chi connectivity index (χ1) is 6.95.